The highest BCUT2D eigenvalue weighted by atomic mass is 16.2. The molecule has 1 saturated heterocycles. The summed E-state index contributed by atoms with van der Waals surface area (Å²) >= 11 is 0. The molecule has 18 heavy (non-hydrogen) atoms. The fourth-order valence-corrected chi connectivity index (χ4v) is 2.27. The van der Waals surface area contributed by atoms with Crippen LogP contribution in [0.15, 0.2) is 24.4 Å². The van der Waals surface area contributed by atoms with Gasteiger partial charge in [-0.15, -0.1) is 0 Å². The van der Waals surface area contributed by atoms with E-state index in [-0.39, 0.29) is 18.0 Å². The Bertz CT molecular complexity index is 372. The van der Waals surface area contributed by atoms with E-state index in [0.29, 0.717) is 0 Å². The smallest absolute Gasteiger partial charge is 0.237 e. The number of hydrogen-bond acceptors (Lipinski definition) is 3. The molecule has 0 radical (unpaired) electrons. The highest BCUT2D eigenvalue weighted by Crippen LogP contribution is 2.12. The first-order valence-electron chi connectivity index (χ1n) is 6.72. The molecule has 0 aromatic carbocycles. The molecule has 1 aliphatic heterocycles. The van der Waals surface area contributed by atoms with Gasteiger partial charge >= 0.3 is 0 Å². The fraction of sp³-hybridized carbons (Fsp3) is 0.571. The van der Waals surface area contributed by atoms with Crippen molar-refractivity contribution in [3.8, 4) is 0 Å². The third kappa shape index (κ3) is 3.53. The van der Waals surface area contributed by atoms with Crippen molar-refractivity contribution < 1.29 is 4.79 Å². The van der Waals surface area contributed by atoms with E-state index in [2.05, 4.69) is 15.6 Å². The van der Waals surface area contributed by atoms with Gasteiger partial charge in [0.15, 0.2) is 0 Å². The Balaban J connectivity index is 1.90. The van der Waals surface area contributed by atoms with Crippen LogP contribution in [-0.2, 0) is 4.79 Å². The first-order valence-corrected chi connectivity index (χ1v) is 6.72. The van der Waals surface area contributed by atoms with Gasteiger partial charge < -0.3 is 10.6 Å². The summed E-state index contributed by atoms with van der Waals surface area (Å²) in [6, 6.07) is 5.67. The molecule has 1 amide bonds. The molecule has 2 N–H and O–H groups in total. The van der Waals surface area contributed by atoms with Gasteiger partial charge in [-0.25, -0.2) is 0 Å². The van der Waals surface area contributed by atoms with Gasteiger partial charge in [0.1, 0.15) is 0 Å². The lowest BCUT2D eigenvalue weighted by molar-refractivity contribution is -0.123. The summed E-state index contributed by atoms with van der Waals surface area (Å²) in [7, 11) is 0. The van der Waals surface area contributed by atoms with Crippen molar-refractivity contribution in [2.24, 2.45) is 0 Å². The van der Waals surface area contributed by atoms with Gasteiger partial charge in [0, 0.05) is 6.20 Å². The SMILES string of the molecule is C[C@@H](NC(=O)C1CCCCCN1)c1ccccn1. The second-order valence-electron chi connectivity index (χ2n) is 4.84. The van der Waals surface area contributed by atoms with E-state index >= 15 is 0 Å². The van der Waals surface area contributed by atoms with Crippen molar-refractivity contribution in [2.75, 3.05) is 6.54 Å². The number of nitrogens with one attached hydrogen (secondary N) is 2. The van der Waals surface area contributed by atoms with E-state index in [1.165, 1.54) is 12.8 Å². The van der Waals surface area contributed by atoms with Crippen LogP contribution in [0.5, 0.6) is 0 Å². The lowest BCUT2D eigenvalue weighted by Crippen LogP contribution is -2.44. The summed E-state index contributed by atoms with van der Waals surface area (Å²) in [6.07, 6.45) is 6.19. The normalized spacial score (nSPS) is 21.9. The van der Waals surface area contributed by atoms with Gasteiger partial charge in [0.05, 0.1) is 17.8 Å². The van der Waals surface area contributed by atoms with E-state index in [1.54, 1.807) is 6.20 Å². The zero-order valence-electron chi connectivity index (χ0n) is 10.9. The maximum Gasteiger partial charge on any atom is 0.237 e. The Morgan fingerprint density at radius 2 is 2.33 bits per heavy atom. The molecule has 4 heteroatoms. The first-order chi connectivity index (χ1) is 8.77. The molecule has 98 valence electrons. The zero-order chi connectivity index (χ0) is 12.8. The molecule has 1 aromatic rings. The molecule has 1 aromatic heterocycles. The van der Waals surface area contributed by atoms with E-state index in [9.17, 15) is 4.79 Å². The Labute approximate surface area is 108 Å². The number of nitrogens with zero attached hydrogens (tertiary/aromatic N) is 1. The first kappa shape index (κ1) is 13.0. The summed E-state index contributed by atoms with van der Waals surface area (Å²) in [5.41, 5.74) is 0.902. The van der Waals surface area contributed by atoms with Crippen LogP contribution in [0.4, 0.5) is 0 Å². The third-order valence-corrected chi connectivity index (χ3v) is 3.37. The summed E-state index contributed by atoms with van der Waals surface area (Å²) in [6.45, 7) is 2.91. The second kappa shape index (κ2) is 6.50. The van der Waals surface area contributed by atoms with Crippen LogP contribution in [0.3, 0.4) is 0 Å². The van der Waals surface area contributed by atoms with Gasteiger partial charge in [0.2, 0.25) is 5.91 Å². The van der Waals surface area contributed by atoms with Crippen LogP contribution in [0.25, 0.3) is 0 Å². The number of carbonyl (C=O) groups excluding carboxylic acids is 1. The van der Waals surface area contributed by atoms with Crippen LogP contribution in [0.2, 0.25) is 0 Å². The summed E-state index contributed by atoms with van der Waals surface area (Å²) < 4.78 is 0. The standard InChI is InChI=1S/C14H21N3O/c1-11(12-7-4-6-10-15-12)17-14(18)13-8-3-2-5-9-16-13/h4,6-7,10-11,13,16H,2-3,5,8-9H2,1H3,(H,17,18)/t11-,13?/m1/s1. The maximum atomic E-state index is 12.1. The van der Waals surface area contributed by atoms with Crippen LogP contribution >= 0.6 is 0 Å². The fourth-order valence-electron chi connectivity index (χ4n) is 2.27. The maximum absolute atomic E-state index is 12.1. The molecular formula is C14H21N3O. The number of amides is 1. The average molecular weight is 247 g/mol. The number of carbonyl (C=O) groups is 1. The Morgan fingerprint density at radius 3 is 3.11 bits per heavy atom. The molecule has 1 fully saturated rings. The van der Waals surface area contributed by atoms with Crippen molar-refractivity contribution >= 4 is 5.91 Å². The topological polar surface area (TPSA) is 54.0 Å². The zero-order valence-corrected chi connectivity index (χ0v) is 10.9. The predicted octanol–water partition coefficient (Wildman–Crippen LogP) is 1.79. The molecular weight excluding hydrogens is 226 g/mol. The highest BCUT2D eigenvalue weighted by Gasteiger charge is 2.21. The Kier molecular flexibility index (Phi) is 4.70. The molecule has 4 nitrogen and oxygen atoms in total. The van der Waals surface area contributed by atoms with E-state index in [1.807, 2.05) is 25.1 Å². The van der Waals surface area contributed by atoms with Crippen molar-refractivity contribution in [1.29, 1.82) is 0 Å². The molecule has 2 heterocycles. The summed E-state index contributed by atoms with van der Waals surface area (Å²) in [4.78, 5) is 16.4. The van der Waals surface area contributed by atoms with Crippen LogP contribution < -0.4 is 10.6 Å². The quantitative estimate of drug-likeness (QED) is 0.856. The minimum Gasteiger partial charge on any atom is -0.347 e. The highest BCUT2D eigenvalue weighted by molar-refractivity contribution is 5.82. The average Bonchev–Trinajstić information content (AvgIpc) is 2.68. The number of pyridine rings is 1. The molecule has 1 unspecified atom stereocenters. The third-order valence-electron chi connectivity index (χ3n) is 3.37. The number of hydrogen-bond donors (Lipinski definition) is 2. The minimum absolute atomic E-state index is 0.0382. The van der Waals surface area contributed by atoms with Crippen LogP contribution in [0.1, 0.15) is 44.3 Å². The molecule has 0 spiro atoms. The van der Waals surface area contributed by atoms with Gasteiger partial charge in [-0.05, 0) is 38.4 Å². The van der Waals surface area contributed by atoms with Crippen molar-refractivity contribution in [1.82, 2.24) is 15.6 Å². The van der Waals surface area contributed by atoms with E-state index < -0.39 is 0 Å². The second-order valence-corrected chi connectivity index (χ2v) is 4.84. The molecule has 2 rings (SSSR count). The van der Waals surface area contributed by atoms with Crippen molar-refractivity contribution in [2.45, 2.75) is 44.7 Å². The van der Waals surface area contributed by atoms with Crippen LogP contribution in [0, 0.1) is 0 Å². The number of rotatable bonds is 3. The lowest BCUT2D eigenvalue weighted by atomic mass is 10.1. The lowest BCUT2D eigenvalue weighted by Gasteiger charge is -2.19. The van der Waals surface area contributed by atoms with E-state index in [0.717, 1.165) is 25.1 Å². The monoisotopic (exact) mass is 247 g/mol. The Morgan fingerprint density at radius 1 is 1.44 bits per heavy atom. The Hall–Kier alpha value is -1.42. The predicted molar refractivity (Wildman–Crippen MR) is 71.1 cm³/mol. The summed E-state index contributed by atoms with van der Waals surface area (Å²) in [5, 5.41) is 6.34. The van der Waals surface area contributed by atoms with Gasteiger partial charge in [0.25, 0.3) is 0 Å². The van der Waals surface area contributed by atoms with Crippen molar-refractivity contribution in [3.63, 3.8) is 0 Å². The summed E-state index contributed by atoms with van der Waals surface area (Å²) in [5.74, 6) is 0.0926. The molecule has 0 bridgehead atoms. The van der Waals surface area contributed by atoms with Crippen LogP contribution in [-0.4, -0.2) is 23.5 Å². The minimum atomic E-state index is -0.0429. The van der Waals surface area contributed by atoms with Crippen molar-refractivity contribution in [3.05, 3.63) is 30.1 Å². The molecule has 0 aliphatic carbocycles. The molecule has 2 atom stereocenters. The van der Waals surface area contributed by atoms with Gasteiger partial charge in [-0.1, -0.05) is 18.9 Å². The largest absolute Gasteiger partial charge is 0.347 e. The van der Waals surface area contributed by atoms with Gasteiger partial charge in [-0.3, -0.25) is 9.78 Å². The number of aromatic nitrogens is 1. The molecule has 0 saturated carbocycles. The van der Waals surface area contributed by atoms with Gasteiger partial charge in [-0.2, -0.15) is 0 Å². The molecule has 1 aliphatic rings. The van der Waals surface area contributed by atoms with E-state index in [4.69, 9.17) is 0 Å².